The van der Waals surface area contributed by atoms with E-state index in [4.69, 9.17) is 37.4 Å². The van der Waals surface area contributed by atoms with Crippen LogP contribution in [0.5, 0.6) is 0 Å². The highest BCUT2D eigenvalue weighted by Gasteiger charge is 2.50. The van der Waals surface area contributed by atoms with E-state index >= 15 is 0 Å². The summed E-state index contributed by atoms with van der Waals surface area (Å²) in [7, 11) is -0.923. The van der Waals surface area contributed by atoms with Crippen molar-refractivity contribution in [3.8, 4) is 0 Å². The predicted molar refractivity (Wildman–Crippen MR) is 117 cm³/mol. The van der Waals surface area contributed by atoms with Gasteiger partial charge in [0.15, 0.2) is 0 Å². The van der Waals surface area contributed by atoms with E-state index in [0.717, 1.165) is 6.42 Å². The van der Waals surface area contributed by atoms with Crippen LogP contribution in [-0.2, 0) is 29.0 Å². The lowest BCUT2D eigenvalue weighted by Gasteiger charge is -2.40. The predicted octanol–water partition coefficient (Wildman–Crippen LogP) is 2.43. The van der Waals surface area contributed by atoms with Crippen LogP contribution in [0.3, 0.4) is 0 Å². The fraction of sp³-hybridized carbons (Fsp3) is 0.650. The van der Waals surface area contributed by atoms with Crippen LogP contribution >= 0.6 is 23.2 Å². The number of benzene rings is 1. The quantitative estimate of drug-likeness (QED) is 0.490. The van der Waals surface area contributed by atoms with Crippen LogP contribution in [0.25, 0.3) is 0 Å². The summed E-state index contributed by atoms with van der Waals surface area (Å²) in [5.41, 5.74) is 0. The van der Waals surface area contributed by atoms with E-state index in [0.29, 0.717) is 39.2 Å². The number of rotatable bonds is 9. The monoisotopic (exact) mass is 494 g/mol. The number of sulfonamides is 1. The summed E-state index contributed by atoms with van der Waals surface area (Å²) >= 11 is 12.2. The molecule has 11 heteroatoms. The topological polar surface area (TPSA) is 85.4 Å². The number of amides is 1. The molecule has 2 bridgehead atoms. The van der Waals surface area contributed by atoms with Crippen LogP contribution in [0.4, 0.5) is 0 Å². The molecular weight excluding hydrogens is 467 g/mol. The lowest BCUT2D eigenvalue weighted by atomic mass is 9.96. The molecule has 31 heavy (non-hydrogen) atoms. The van der Waals surface area contributed by atoms with Crippen molar-refractivity contribution in [2.24, 2.45) is 0 Å². The van der Waals surface area contributed by atoms with Crippen molar-refractivity contribution < 1.29 is 27.4 Å². The smallest absolute Gasteiger partial charge is 0.244 e. The summed E-state index contributed by atoms with van der Waals surface area (Å²) in [6.07, 6.45) is 1.27. The first-order chi connectivity index (χ1) is 14.8. The molecule has 0 spiro atoms. The van der Waals surface area contributed by atoms with Gasteiger partial charge in [-0.05, 0) is 37.5 Å². The molecule has 1 aromatic carbocycles. The highest BCUT2D eigenvalue weighted by atomic mass is 35.5. The van der Waals surface area contributed by atoms with Gasteiger partial charge in [0.1, 0.15) is 6.04 Å². The van der Waals surface area contributed by atoms with Gasteiger partial charge in [0.25, 0.3) is 0 Å². The van der Waals surface area contributed by atoms with E-state index in [1.165, 1.54) is 22.5 Å². The summed E-state index contributed by atoms with van der Waals surface area (Å²) in [4.78, 5) is 15.0. The van der Waals surface area contributed by atoms with Crippen molar-refractivity contribution in [2.75, 3.05) is 47.1 Å². The maximum atomic E-state index is 13.7. The van der Waals surface area contributed by atoms with Crippen LogP contribution in [0.2, 0.25) is 10.0 Å². The first kappa shape index (κ1) is 24.7. The van der Waals surface area contributed by atoms with Gasteiger partial charge >= 0.3 is 0 Å². The van der Waals surface area contributed by atoms with Gasteiger partial charge in [-0.2, -0.15) is 4.31 Å². The summed E-state index contributed by atoms with van der Waals surface area (Å²) in [6.45, 7) is 1.67. The highest BCUT2D eigenvalue weighted by Crippen LogP contribution is 2.37. The second kappa shape index (κ2) is 10.8. The Labute approximate surface area is 193 Å². The number of hydrogen-bond donors (Lipinski definition) is 0. The van der Waals surface area contributed by atoms with Crippen LogP contribution in [0, 0.1) is 0 Å². The summed E-state index contributed by atoms with van der Waals surface area (Å²) in [5.74, 6) is -0.240. The number of halogens is 2. The maximum absolute atomic E-state index is 13.7. The lowest BCUT2D eigenvalue weighted by molar-refractivity contribution is -0.135. The zero-order valence-corrected chi connectivity index (χ0v) is 20.0. The van der Waals surface area contributed by atoms with Gasteiger partial charge in [0, 0.05) is 37.4 Å². The van der Waals surface area contributed by atoms with Gasteiger partial charge in [-0.25, -0.2) is 8.42 Å². The van der Waals surface area contributed by atoms with E-state index in [-0.39, 0.29) is 27.4 Å². The fourth-order valence-electron chi connectivity index (χ4n) is 4.22. The Kier molecular flexibility index (Phi) is 8.59. The fourth-order valence-corrected chi connectivity index (χ4v) is 6.80. The SMILES string of the molecule is COCCO[C@@H]1CN(CCOC)C(=O)C2CCC[C@H]1N2S(=O)(=O)c1cc(Cl)cc(Cl)c1. The van der Waals surface area contributed by atoms with Crippen molar-refractivity contribution in [1.82, 2.24) is 9.21 Å². The first-order valence-electron chi connectivity index (χ1n) is 10.2. The summed E-state index contributed by atoms with van der Waals surface area (Å²) in [5, 5.41) is 0.430. The van der Waals surface area contributed by atoms with Gasteiger partial charge in [0.2, 0.25) is 15.9 Å². The van der Waals surface area contributed by atoms with Crippen molar-refractivity contribution in [2.45, 2.75) is 42.3 Å². The molecule has 2 heterocycles. The van der Waals surface area contributed by atoms with E-state index in [1.54, 1.807) is 19.1 Å². The third-order valence-corrected chi connectivity index (χ3v) is 7.98. The van der Waals surface area contributed by atoms with E-state index in [1.807, 2.05) is 0 Å². The second-order valence-electron chi connectivity index (χ2n) is 7.63. The summed E-state index contributed by atoms with van der Waals surface area (Å²) < 4.78 is 45.1. The minimum atomic E-state index is -4.06. The van der Waals surface area contributed by atoms with Crippen molar-refractivity contribution in [3.05, 3.63) is 28.2 Å². The van der Waals surface area contributed by atoms with E-state index in [2.05, 4.69) is 0 Å². The molecular formula is C20H28Cl2N2O6S. The average molecular weight is 495 g/mol. The largest absolute Gasteiger partial charge is 0.383 e. The number of methoxy groups -OCH3 is 2. The molecule has 2 aliphatic heterocycles. The molecule has 3 rings (SSSR count). The second-order valence-corrected chi connectivity index (χ2v) is 10.3. The molecule has 0 saturated carbocycles. The average Bonchev–Trinajstić information content (AvgIpc) is 2.79. The van der Waals surface area contributed by atoms with Crippen LogP contribution in [-0.4, -0.2) is 88.8 Å². The third-order valence-electron chi connectivity index (χ3n) is 5.63. The third kappa shape index (κ3) is 5.52. The number of fused-ring (bicyclic) bond motifs is 2. The number of carbonyl (C=O) groups excluding carboxylic acids is 1. The molecule has 8 nitrogen and oxygen atoms in total. The molecule has 3 atom stereocenters. The first-order valence-corrected chi connectivity index (χ1v) is 12.4. The Hall–Kier alpha value is -0.940. The number of nitrogens with zero attached hydrogens (tertiary/aromatic N) is 2. The van der Waals surface area contributed by atoms with Gasteiger partial charge in [-0.1, -0.05) is 23.2 Å². The Morgan fingerprint density at radius 1 is 1.03 bits per heavy atom. The van der Waals surface area contributed by atoms with Crippen molar-refractivity contribution >= 4 is 39.1 Å². The Balaban J connectivity index is 2.03. The Morgan fingerprint density at radius 2 is 1.71 bits per heavy atom. The molecule has 0 aromatic heterocycles. The molecule has 2 saturated heterocycles. The minimum absolute atomic E-state index is 0.0318. The number of piperidine rings is 1. The number of carbonyl (C=O) groups is 1. The van der Waals surface area contributed by atoms with Crippen molar-refractivity contribution in [1.29, 1.82) is 0 Å². The molecule has 174 valence electrons. The van der Waals surface area contributed by atoms with E-state index < -0.39 is 28.2 Å². The normalized spacial score (nSPS) is 25.0. The van der Waals surface area contributed by atoms with Gasteiger partial charge in [0.05, 0.1) is 36.9 Å². The van der Waals surface area contributed by atoms with Gasteiger partial charge in [-0.15, -0.1) is 0 Å². The molecule has 2 fully saturated rings. The summed E-state index contributed by atoms with van der Waals surface area (Å²) in [6, 6.07) is 2.89. The van der Waals surface area contributed by atoms with Crippen molar-refractivity contribution in [3.63, 3.8) is 0 Å². The molecule has 0 N–H and O–H groups in total. The Bertz CT molecular complexity index is 864. The lowest BCUT2D eigenvalue weighted by Crippen LogP contribution is -2.56. The molecule has 0 radical (unpaired) electrons. The highest BCUT2D eigenvalue weighted by molar-refractivity contribution is 7.89. The maximum Gasteiger partial charge on any atom is 0.244 e. The molecule has 0 aliphatic carbocycles. The van der Waals surface area contributed by atoms with Crippen LogP contribution in [0.1, 0.15) is 19.3 Å². The number of hydrogen-bond acceptors (Lipinski definition) is 6. The zero-order valence-electron chi connectivity index (χ0n) is 17.6. The van der Waals surface area contributed by atoms with Gasteiger partial charge in [-0.3, -0.25) is 4.79 Å². The van der Waals surface area contributed by atoms with Crippen LogP contribution in [0.15, 0.2) is 23.1 Å². The number of ether oxygens (including phenoxy) is 3. The Morgan fingerprint density at radius 3 is 2.35 bits per heavy atom. The molecule has 1 unspecified atom stereocenters. The zero-order chi connectivity index (χ0) is 22.6. The molecule has 2 aliphatic rings. The minimum Gasteiger partial charge on any atom is -0.383 e. The molecule has 1 aromatic rings. The standard InChI is InChI=1S/C20H28Cl2N2O6S/c1-28-7-6-23-13-19(30-9-8-29-2)17-4-3-5-18(20(23)25)24(17)31(26,27)16-11-14(21)10-15(22)12-16/h10-12,17-19H,3-9,13H2,1-2H3/t17-,18?,19-/m1/s1. The van der Waals surface area contributed by atoms with Gasteiger partial charge < -0.3 is 19.1 Å². The van der Waals surface area contributed by atoms with Crippen LogP contribution < -0.4 is 0 Å². The molecule has 1 amide bonds. The van der Waals surface area contributed by atoms with E-state index in [9.17, 15) is 13.2 Å².